The van der Waals surface area contributed by atoms with E-state index in [4.69, 9.17) is 9.47 Å². The number of Topliss-reactive ketones (excluding diaryl/α,β-unsaturated/α-hetero) is 1. The van der Waals surface area contributed by atoms with Crippen molar-refractivity contribution in [3.05, 3.63) is 35.7 Å². The van der Waals surface area contributed by atoms with E-state index in [2.05, 4.69) is 4.98 Å². The average Bonchev–Trinajstić information content (AvgIpc) is 2.67. The third-order valence-corrected chi connectivity index (χ3v) is 2.21. The number of esters is 2. The molecule has 0 spiro atoms. The molecule has 1 aromatic rings. The van der Waals surface area contributed by atoms with E-state index < -0.39 is 23.3 Å². The molecular formula is C12H9NO5. The minimum Gasteiger partial charge on any atom is -0.462 e. The highest BCUT2D eigenvalue weighted by Crippen LogP contribution is 2.26. The Hall–Kier alpha value is -2.50. The number of hydrogen-bond acceptors (Lipinski definition) is 6. The summed E-state index contributed by atoms with van der Waals surface area (Å²) in [5.74, 6) is -3.13. The number of carbonyl (C=O) groups excluding carboxylic acids is 3. The molecule has 0 N–H and O–H groups in total. The van der Waals surface area contributed by atoms with Gasteiger partial charge in [0.25, 0.3) is 5.78 Å². The van der Waals surface area contributed by atoms with E-state index in [1.165, 1.54) is 12.3 Å². The molecule has 1 aliphatic rings. The second-order valence-electron chi connectivity index (χ2n) is 3.36. The first-order valence-electron chi connectivity index (χ1n) is 5.24. The predicted octanol–water partition coefficient (Wildman–Crippen LogP) is 0.482. The van der Waals surface area contributed by atoms with E-state index in [0.29, 0.717) is 0 Å². The predicted molar refractivity (Wildman–Crippen MR) is 58.9 cm³/mol. The van der Waals surface area contributed by atoms with Crippen molar-refractivity contribution in [2.24, 2.45) is 0 Å². The first kappa shape index (κ1) is 12.0. The molecule has 0 aromatic carbocycles. The number of cyclic esters (lactones) is 1. The Balaban J connectivity index is 2.49. The lowest BCUT2D eigenvalue weighted by Gasteiger charge is -2.02. The van der Waals surface area contributed by atoms with Gasteiger partial charge in [0, 0.05) is 6.20 Å². The fourth-order valence-electron chi connectivity index (χ4n) is 1.46. The normalized spacial score (nSPS) is 14.7. The van der Waals surface area contributed by atoms with Crippen molar-refractivity contribution < 1.29 is 23.9 Å². The third kappa shape index (κ3) is 2.00. The highest BCUT2D eigenvalue weighted by Gasteiger charge is 2.40. The minimum absolute atomic E-state index is 0.0965. The highest BCUT2D eigenvalue weighted by molar-refractivity contribution is 6.51. The van der Waals surface area contributed by atoms with Crippen LogP contribution >= 0.6 is 0 Å². The number of ketones is 1. The van der Waals surface area contributed by atoms with Gasteiger partial charge in [-0.2, -0.15) is 0 Å². The Morgan fingerprint density at radius 1 is 1.39 bits per heavy atom. The smallest absolute Gasteiger partial charge is 0.385 e. The summed E-state index contributed by atoms with van der Waals surface area (Å²) in [6.07, 6.45) is 1.46. The Morgan fingerprint density at radius 2 is 2.17 bits per heavy atom. The summed E-state index contributed by atoms with van der Waals surface area (Å²) in [4.78, 5) is 38.3. The molecule has 0 unspecified atom stereocenters. The molecule has 18 heavy (non-hydrogen) atoms. The maximum absolute atomic E-state index is 11.6. The highest BCUT2D eigenvalue weighted by atomic mass is 16.6. The summed E-state index contributed by atoms with van der Waals surface area (Å²) in [5, 5.41) is 0. The van der Waals surface area contributed by atoms with E-state index in [-0.39, 0.29) is 18.1 Å². The number of aromatic nitrogens is 1. The van der Waals surface area contributed by atoms with Crippen molar-refractivity contribution in [3.63, 3.8) is 0 Å². The van der Waals surface area contributed by atoms with Crippen LogP contribution in [-0.4, -0.2) is 29.3 Å². The Bertz CT molecular complexity index is 547. The molecule has 6 nitrogen and oxygen atoms in total. The molecular weight excluding hydrogens is 238 g/mol. The van der Waals surface area contributed by atoms with E-state index in [9.17, 15) is 14.4 Å². The zero-order valence-electron chi connectivity index (χ0n) is 9.50. The number of pyridine rings is 1. The molecule has 1 aromatic heterocycles. The zero-order chi connectivity index (χ0) is 13.1. The number of hydrogen-bond donors (Lipinski definition) is 0. The van der Waals surface area contributed by atoms with Crippen LogP contribution in [0.2, 0.25) is 0 Å². The maximum atomic E-state index is 11.6. The van der Waals surface area contributed by atoms with Crippen molar-refractivity contribution in [2.75, 3.05) is 6.61 Å². The van der Waals surface area contributed by atoms with Gasteiger partial charge in [-0.1, -0.05) is 6.07 Å². The minimum atomic E-state index is -1.10. The summed E-state index contributed by atoms with van der Waals surface area (Å²) < 4.78 is 9.49. The molecule has 0 fully saturated rings. The summed E-state index contributed by atoms with van der Waals surface area (Å²) >= 11 is 0. The van der Waals surface area contributed by atoms with Gasteiger partial charge in [0.05, 0.1) is 6.61 Å². The Kier molecular flexibility index (Phi) is 3.18. The van der Waals surface area contributed by atoms with Gasteiger partial charge >= 0.3 is 11.9 Å². The van der Waals surface area contributed by atoms with Crippen molar-refractivity contribution in [3.8, 4) is 0 Å². The van der Waals surface area contributed by atoms with Crippen LogP contribution in [0.15, 0.2) is 30.0 Å². The Labute approximate surface area is 102 Å². The van der Waals surface area contributed by atoms with Crippen LogP contribution in [0.3, 0.4) is 0 Å². The molecule has 0 amide bonds. The lowest BCUT2D eigenvalue weighted by atomic mass is 10.1. The molecule has 0 aliphatic carbocycles. The summed E-state index contributed by atoms with van der Waals surface area (Å²) in [6, 6.07) is 4.84. The first-order valence-corrected chi connectivity index (χ1v) is 5.24. The topological polar surface area (TPSA) is 82.6 Å². The van der Waals surface area contributed by atoms with Gasteiger partial charge in [0.2, 0.25) is 0 Å². The molecule has 6 heteroatoms. The van der Waals surface area contributed by atoms with Crippen LogP contribution in [0.4, 0.5) is 0 Å². The number of rotatable bonds is 3. The molecule has 92 valence electrons. The Morgan fingerprint density at radius 3 is 2.78 bits per heavy atom. The quantitative estimate of drug-likeness (QED) is 0.439. The van der Waals surface area contributed by atoms with Gasteiger partial charge in [-0.15, -0.1) is 0 Å². The lowest BCUT2D eigenvalue weighted by molar-refractivity contribution is -0.147. The lowest BCUT2D eigenvalue weighted by Crippen LogP contribution is -2.17. The average molecular weight is 247 g/mol. The van der Waals surface area contributed by atoms with Crippen LogP contribution in [0.25, 0.3) is 5.76 Å². The van der Waals surface area contributed by atoms with E-state index >= 15 is 0 Å². The maximum Gasteiger partial charge on any atom is 0.385 e. The van der Waals surface area contributed by atoms with Crippen LogP contribution in [-0.2, 0) is 23.9 Å². The largest absolute Gasteiger partial charge is 0.462 e. The van der Waals surface area contributed by atoms with E-state index in [0.717, 1.165) is 0 Å². The second-order valence-corrected chi connectivity index (χ2v) is 3.36. The standard InChI is InChI=1S/C12H9NO5/c1-2-17-11(15)8-9(14)12(16)18-10(8)7-5-3-4-6-13-7/h3-6H,2H2,1H3. The number of nitrogens with zero attached hydrogens (tertiary/aromatic N) is 1. The van der Waals surface area contributed by atoms with Gasteiger partial charge < -0.3 is 9.47 Å². The SMILES string of the molecule is CCOC(=O)C1=C(c2ccccn2)OC(=O)C1=O. The summed E-state index contributed by atoms with van der Waals surface area (Å²) in [5.41, 5.74) is -0.166. The molecule has 0 atom stereocenters. The van der Waals surface area contributed by atoms with Crippen LogP contribution in [0.1, 0.15) is 12.6 Å². The second kappa shape index (κ2) is 4.79. The number of carbonyl (C=O) groups is 3. The van der Waals surface area contributed by atoms with Crippen molar-refractivity contribution in [1.29, 1.82) is 0 Å². The monoisotopic (exact) mass is 247 g/mol. The van der Waals surface area contributed by atoms with Crippen molar-refractivity contribution in [2.45, 2.75) is 6.92 Å². The van der Waals surface area contributed by atoms with E-state index in [1.807, 2.05) is 0 Å². The van der Waals surface area contributed by atoms with Crippen molar-refractivity contribution >= 4 is 23.5 Å². The summed E-state index contributed by atoms with van der Waals surface area (Å²) in [6.45, 7) is 1.69. The van der Waals surface area contributed by atoms with Crippen LogP contribution in [0.5, 0.6) is 0 Å². The molecule has 2 rings (SSSR count). The van der Waals surface area contributed by atoms with Crippen molar-refractivity contribution in [1.82, 2.24) is 4.98 Å². The molecule has 1 aliphatic heterocycles. The van der Waals surface area contributed by atoms with Crippen LogP contribution < -0.4 is 0 Å². The molecule has 0 bridgehead atoms. The molecule has 0 saturated heterocycles. The fraction of sp³-hybridized carbons (Fsp3) is 0.167. The van der Waals surface area contributed by atoms with Gasteiger partial charge in [-0.05, 0) is 19.1 Å². The molecule has 0 radical (unpaired) electrons. The van der Waals surface area contributed by atoms with Crippen LogP contribution in [0, 0.1) is 0 Å². The zero-order valence-corrected chi connectivity index (χ0v) is 9.50. The van der Waals surface area contributed by atoms with Gasteiger partial charge in [0.15, 0.2) is 11.3 Å². The van der Waals surface area contributed by atoms with Gasteiger partial charge in [-0.25, -0.2) is 9.59 Å². The summed E-state index contributed by atoms with van der Waals surface area (Å²) in [7, 11) is 0. The van der Waals surface area contributed by atoms with Gasteiger partial charge in [0.1, 0.15) is 5.69 Å². The fourth-order valence-corrected chi connectivity index (χ4v) is 1.46. The molecule has 2 heterocycles. The van der Waals surface area contributed by atoms with Gasteiger partial charge in [-0.3, -0.25) is 9.78 Å². The third-order valence-electron chi connectivity index (χ3n) is 2.21. The first-order chi connectivity index (χ1) is 8.65. The number of ether oxygens (including phenoxy) is 2. The molecule has 0 saturated carbocycles. The van der Waals surface area contributed by atoms with E-state index in [1.54, 1.807) is 19.1 Å².